The van der Waals surface area contributed by atoms with Gasteiger partial charge in [0.2, 0.25) is 0 Å². The number of hydrogen-bond donors (Lipinski definition) is 1. The van der Waals surface area contributed by atoms with E-state index in [1.165, 1.54) is 41.0 Å². The first kappa shape index (κ1) is 25.6. The first-order valence-electron chi connectivity index (χ1n) is 14.1. The molecule has 3 aromatic heterocycles. The molecule has 6 rings (SSSR count). The molecule has 0 unspecified atom stereocenters. The van der Waals surface area contributed by atoms with Crippen molar-refractivity contribution in [3.8, 4) is 0 Å². The molecule has 3 aliphatic rings. The van der Waals surface area contributed by atoms with Gasteiger partial charge < -0.3 is 9.88 Å². The van der Waals surface area contributed by atoms with E-state index >= 15 is 0 Å². The number of amides is 1. The summed E-state index contributed by atoms with van der Waals surface area (Å²) in [7, 11) is 0. The second kappa shape index (κ2) is 10.1. The van der Waals surface area contributed by atoms with Gasteiger partial charge in [-0.1, -0.05) is 6.92 Å². The molecular weight excluding hydrogens is 494 g/mol. The quantitative estimate of drug-likeness (QED) is 0.485. The van der Waals surface area contributed by atoms with Crippen molar-refractivity contribution < 1.29 is 4.79 Å². The highest BCUT2D eigenvalue weighted by molar-refractivity contribution is 7.12. The Morgan fingerprint density at radius 3 is 2.55 bits per heavy atom. The first-order valence-corrected chi connectivity index (χ1v) is 15.0. The summed E-state index contributed by atoms with van der Waals surface area (Å²) in [5, 5.41) is 4.41. The maximum absolute atomic E-state index is 13.6. The molecular formula is C30H39N5O2S. The lowest BCUT2D eigenvalue weighted by molar-refractivity contribution is 0.0270. The molecule has 38 heavy (non-hydrogen) atoms. The minimum absolute atomic E-state index is 0.0804. The number of fused-ring (bicyclic) bond motifs is 1. The van der Waals surface area contributed by atoms with Crippen LogP contribution in [0.2, 0.25) is 0 Å². The largest absolute Gasteiger partial charge is 0.334 e. The highest BCUT2D eigenvalue weighted by Gasteiger charge is 2.38. The fraction of sp³-hybridized carbons (Fsp3) is 0.567. The van der Waals surface area contributed by atoms with E-state index in [4.69, 9.17) is 0 Å². The van der Waals surface area contributed by atoms with Gasteiger partial charge in [0, 0.05) is 65.5 Å². The third kappa shape index (κ3) is 4.56. The van der Waals surface area contributed by atoms with Crippen LogP contribution in [0.15, 0.2) is 29.3 Å². The van der Waals surface area contributed by atoms with Crippen molar-refractivity contribution in [2.75, 3.05) is 19.6 Å². The van der Waals surface area contributed by atoms with E-state index in [2.05, 4.69) is 39.7 Å². The van der Waals surface area contributed by atoms with E-state index in [9.17, 15) is 9.59 Å². The summed E-state index contributed by atoms with van der Waals surface area (Å²) in [5.74, 6) is 1.24. The zero-order chi connectivity index (χ0) is 26.6. The van der Waals surface area contributed by atoms with Crippen LogP contribution in [0.4, 0.5) is 0 Å². The van der Waals surface area contributed by atoms with Gasteiger partial charge >= 0.3 is 0 Å². The summed E-state index contributed by atoms with van der Waals surface area (Å²) in [5.41, 5.74) is 4.50. The SMILES string of the molecule is Cc1cc(C)c(CN2CCc3sc([C@H](C)[C@H]4CC[C@H](N5CC(n6cccn6)C5)CC4)c(C)c3C2=O)c(=O)[nH]1. The molecule has 7 nitrogen and oxygen atoms in total. The highest BCUT2D eigenvalue weighted by Crippen LogP contribution is 2.44. The molecule has 1 aliphatic carbocycles. The Morgan fingerprint density at radius 1 is 1.11 bits per heavy atom. The Bertz CT molecular complexity index is 1380. The summed E-state index contributed by atoms with van der Waals surface area (Å²) >= 11 is 1.87. The molecule has 3 aromatic rings. The molecule has 1 saturated carbocycles. The zero-order valence-corrected chi connectivity index (χ0v) is 23.8. The van der Waals surface area contributed by atoms with Crippen LogP contribution in [-0.2, 0) is 13.0 Å². The molecule has 0 aromatic carbocycles. The number of thiophene rings is 1. The predicted molar refractivity (Wildman–Crippen MR) is 151 cm³/mol. The number of aromatic nitrogens is 3. The Kier molecular flexibility index (Phi) is 6.80. The van der Waals surface area contributed by atoms with E-state index in [0.29, 0.717) is 42.6 Å². The van der Waals surface area contributed by atoms with Gasteiger partial charge in [0.1, 0.15) is 0 Å². The van der Waals surface area contributed by atoms with Crippen molar-refractivity contribution in [3.63, 3.8) is 0 Å². The minimum atomic E-state index is -0.0804. The third-order valence-electron chi connectivity index (χ3n) is 9.38. The summed E-state index contributed by atoms with van der Waals surface area (Å²) in [4.78, 5) is 36.3. The van der Waals surface area contributed by atoms with Crippen LogP contribution in [0.5, 0.6) is 0 Å². The number of nitrogens with zero attached hydrogens (tertiary/aromatic N) is 4. The van der Waals surface area contributed by atoms with Gasteiger partial charge in [-0.2, -0.15) is 5.10 Å². The average Bonchev–Trinajstić information content (AvgIpc) is 3.50. The third-order valence-corrected chi connectivity index (χ3v) is 10.9. The number of aromatic amines is 1. The molecule has 202 valence electrons. The van der Waals surface area contributed by atoms with E-state index in [1.54, 1.807) is 0 Å². The van der Waals surface area contributed by atoms with E-state index in [0.717, 1.165) is 36.3 Å². The Hall–Kier alpha value is -2.71. The molecule has 5 heterocycles. The van der Waals surface area contributed by atoms with Gasteiger partial charge in [0.05, 0.1) is 18.2 Å². The number of pyridine rings is 1. The fourth-order valence-corrected chi connectivity index (χ4v) is 8.46. The second-order valence-electron chi connectivity index (χ2n) is 11.8. The topological polar surface area (TPSA) is 74.2 Å². The number of likely N-dealkylation sites (tertiary alicyclic amines) is 1. The molecule has 2 fully saturated rings. The van der Waals surface area contributed by atoms with Crippen LogP contribution in [0.25, 0.3) is 0 Å². The van der Waals surface area contributed by atoms with E-state index in [-0.39, 0.29) is 11.5 Å². The Balaban J connectivity index is 1.10. The lowest BCUT2D eigenvalue weighted by atomic mass is 9.76. The predicted octanol–water partition coefficient (Wildman–Crippen LogP) is 4.98. The summed E-state index contributed by atoms with van der Waals surface area (Å²) in [6, 6.07) is 5.23. The number of nitrogens with one attached hydrogen (secondary N) is 1. The maximum atomic E-state index is 13.6. The molecule has 1 atom stereocenters. The van der Waals surface area contributed by atoms with Gasteiger partial charge in [-0.3, -0.25) is 19.2 Å². The van der Waals surface area contributed by atoms with Crippen LogP contribution in [0, 0.1) is 26.7 Å². The van der Waals surface area contributed by atoms with Crippen molar-refractivity contribution in [2.45, 2.75) is 84.3 Å². The van der Waals surface area contributed by atoms with Crippen LogP contribution in [0.3, 0.4) is 0 Å². The van der Waals surface area contributed by atoms with Crippen molar-refractivity contribution >= 4 is 17.2 Å². The molecule has 1 amide bonds. The highest BCUT2D eigenvalue weighted by atomic mass is 32.1. The van der Waals surface area contributed by atoms with E-state index < -0.39 is 0 Å². The van der Waals surface area contributed by atoms with Crippen molar-refractivity contribution in [2.24, 2.45) is 5.92 Å². The van der Waals surface area contributed by atoms with Crippen LogP contribution < -0.4 is 5.56 Å². The fourth-order valence-electron chi connectivity index (χ4n) is 7.03. The van der Waals surface area contributed by atoms with Gasteiger partial charge in [0.15, 0.2) is 0 Å². The normalized spacial score (nSPS) is 23.4. The Morgan fingerprint density at radius 2 is 1.87 bits per heavy atom. The molecule has 1 N–H and O–H groups in total. The number of carbonyl (C=O) groups is 1. The summed E-state index contributed by atoms with van der Waals surface area (Å²) in [6.07, 6.45) is 9.87. The molecule has 1 saturated heterocycles. The summed E-state index contributed by atoms with van der Waals surface area (Å²) in [6.45, 7) is 11.7. The number of hydrogen-bond acceptors (Lipinski definition) is 5. The van der Waals surface area contributed by atoms with Crippen LogP contribution in [0.1, 0.15) is 87.1 Å². The van der Waals surface area contributed by atoms with Crippen molar-refractivity contribution in [3.05, 3.63) is 72.6 Å². The zero-order valence-electron chi connectivity index (χ0n) is 23.0. The average molecular weight is 534 g/mol. The molecule has 2 aliphatic heterocycles. The molecule has 0 bridgehead atoms. The van der Waals surface area contributed by atoms with E-state index in [1.807, 2.05) is 48.4 Å². The van der Waals surface area contributed by atoms with Crippen LogP contribution >= 0.6 is 11.3 Å². The smallest absolute Gasteiger partial charge is 0.255 e. The maximum Gasteiger partial charge on any atom is 0.255 e. The van der Waals surface area contributed by atoms with Gasteiger partial charge in [-0.05, 0) is 81.5 Å². The first-order chi connectivity index (χ1) is 18.3. The molecule has 0 spiro atoms. The molecule has 8 heteroatoms. The standard InChI is InChI=1S/C30H39N5O2S/c1-18-14-19(2)32-29(36)25(18)17-33-13-10-26-27(30(33)37)21(4)28(38-26)20(3)22-6-8-23(9-7-22)34-15-24(16-34)35-12-5-11-31-35/h5,11-12,14,20,22-24H,6-10,13,15-17H2,1-4H3,(H,32,36)/t20-,22-,23-/m1/s1. The van der Waals surface area contributed by atoms with Crippen molar-refractivity contribution in [1.82, 2.24) is 24.6 Å². The lowest BCUT2D eigenvalue weighted by Gasteiger charge is -2.47. The van der Waals surface area contributed by atoms with Gasteiger partial charge in [0.25, 0.3) is 11.5 Å². The number of rotatable bonds is 6. The van der Waals surface area contributed by atoms with Gasteiger partial charge in [-0.25, -0.2) is 0 Å². The minimum Gasteiger partial charge on any atom is -0.334 e. The van der Waals surface area contributed by atoms with Gasteiger partial charge in [-0.15, -0.1) is 11.3 Å². The molecule has 0 radical (unpaired) electrons. The summed E-state index contributed by atoms with van der Waals surface area (Å²) < 4.78 is 2.11. The number of carbonyl (C=O) groups excluding carboxylic acids is 1. The monoisotopic (exact) mass is 533 g/mol. The second-order valence-corrected chi connectivity index (χ2v) is 12.9. The van der Waals surface area contributed by atoms with Crippen LogP contribution in [-0.4, -0.2) is 56.1 Å². The Labute approximate surface area is 228 Å². The lowest BCUT2D eigenvalue weighted by Crippen LogP contribution is -2.53. The van der Waals surface area contributed by atoms with Crippen molar-refractivity contribution in [1.29, 1.82) is 0 Å². The number of aryl methyl sites for hydroxylation is 2. The number of H-pyrrole nitrogens is 1.